The van der Waals surface area contributed by atoms with Gasteiger partial charge in [0.25, 0.3) is 0 Å². The van der Waals surface area contributed by atoms with E-state index in [0.29, 0.717) is 0 Å². The summed E-state index contributed by atoms with van der Waals surface area (Å²) in [5.41, 5.74) is 5.33. The number of nitrogens with one attached hydrogen (secondary N) is 1. The van der Waals surface area contributed by atoms with Gasteiger partial charge in [0.2, 0.25) is 0 Å². The van der Waals surface area contributed by atoms with Crippen molar-refractivity contribution >= 4 is 0 Å². The highest BCUT2D eigenvalue weighted by Crippen LogP contribution is 2.44. The van der Waals surface area contributed by atoms with Crippen LogP contribution < -0.4 is 5.43 Å². The summed E-state index contributed by atoms with van der Waals surface area (Å²) in [7, 11) is 0. The van der Waals surface area contributed by atoms with Gasteiger partial charge in [-0.1, -0.05) is 37.8 Å². The molecule has 3 rings (SSSR count). The summed E-state index contributed by atoms with van der Waals surface area (Å²) in [5.74, 6) is 1.92. The van der Waals surface area contributed by atoms with E-state index in [4.69, 9.17) is 0 Å². The zero-order chi connectivity index (χ0) is 11.7. The first kappa shape index (κ1) is 11.7. The maximum absolute atomic E-state index is 3.53. The number of hydrazine groups is 1. The van der Waals surface area contributed by atoms with Gasteiger partial charge in [-0.15, -0.1) is 0 Å². The summed E-state index contributed by atoms with van der Waals surface area (Å²) < 4.78 is 0. The van der Waals surface area contributed by atoms with E-state index in [1.807, 2.05) is 0 Å². The van der Waals surface area contributed by atoms with Gasteiger partial charge in [0.05, 0.1) is 0 Å². The minimum Gasteiger partial charge on any atom is -0.255 e. The Bertz CT molecular complexity index is 297. The summed E-state index contributed by atoms with van der Waals surface area (Å²) in [6, 6.07) is 0.755. The minimum atomic E-state index is 0.755. The van der Waals surface area contributed by atoms with Crippen LogP contribution in [0.25, 0.3) is 0 Å². The van der Waals surface area contributed by atoms with Gasteiger partial charge in [-0.05, 0) is 37.5 Å². The molecule has 2 aliphatic heterocycles. The molecule has 0 bridgehead atoms. The molecule has 0 saturated carbocycles. The van der Waals surface area contributed by atoms with Crippen molar-refractivity contribution in [2.45, 2.75) is 57.9 Å². The largest absolute Gasteiger partial charge is 0.255 e. The van der Waals surface area contributed by atoms with Crippen LogP contribution in [0.3, 0.4) is 0 Å². The fourth-order valence-corrected chi connectivity index (χ4v) is 4.11. The molecule has 3 unspecified atom stereocenters. The molecule has 0 aromatic rings. The molecule has 2 fully saturated rings. The van der Waals surface area contributed by atoms with Crippen LogP contribution in [0.4, 0.5) is 0 Å². The van der Waals surface area contributed by atoms with Crippen molar-refractivity contribution in [2.75, 3.05) is 13.1 Å². The van der Waals surface area contributed by atoms with Gasteiger partial charge in [0, 0.05) is 19.1 Å². The number of allylic oxidation sites excluding steroid dienone is 1. The Morgan fingerprint density at radius 1 is 1.35 bits per heavy atom. The monoisotopic (exact) mass is 234 g/mol. The first-order valence-corrected chi connectivity index (χ1v) is 7.60. The van der Waals surface area contributed by atoms with Crippen molar-refractivity contribution in [2.24, 2.45) is 11.8 Å². The summed E-state index contributed by atoms with van der Waals surface area (Å²) in [4.78, 5) is 0. The Balaban J connectivity index is 1.60. The Morgan fingerprint density at radius 2 is 2.29 bits per heavy atom. The molecule has 2 heterocycles. The van der Waals surface area contributed by atoms with Crippen LogP contribution >= 0.6 is 0 Å². The molecular formula is C15H26N2. The molecule has 2 saturated heterocycles. The fourth-order valence-electron chi connectivity index (χ4n) is 4.11. The summed E-state index contributed by atoms with van der Waals surface area (Å²) in [6.45, 7) is 4.77. The van der Waals surface area contributed by atoms with Crippen molar-refractivity contribution in [3.63, 3.8) is 0 Å². The highest BCUT2D eigenvalue weighted by molar-refractivity contribution is 5.24. The number of rotatable bonds is 4. The maximum atomic E-state index is 3.53. The quantitative estimate of drug-likeness (QED) is 0.594. The predicted molar refractivity (Wildman–Crippen MR) is 71.6 cm³/mol. The Hall–Kier alpha value is -0.340. The zero-order valence-corrected chi connectivity index (χ0v) is 11.1. The first-order chi connectivity index (χ1) is 8.40. The van der Waals surface area contributed by atoms with Crippen molar-refractivity contribution in [1.29, 1.82) is 0 Å². The molecule has 3 atom stereocenters. The van der Waals surface area contributed by atoms with Gasteiger partial charge in [0.15, 0.2) is 0 Å². The molecule has 0 aromatic carbocycles. The summed E-state index contributed by atoms with van der Waals surface area (Å²) in [5, 5.41) is 2.50. The minimum absolute atomic E-state index is 0.755. The molecule has 3 aliphatic rings. The van der Waals surface area contributed by atoms with Gasteiger partial charge >= 0.3 is 0 Å². The Kier molecular flexibility index (Phi) is 3.53. The number of nitrogens with zero attached hydrogens (tertiary/aromatic N) is 1. The van der Waals surface area contributed by atoms with E-state index in [9.17, 15) is 0 Å². The number of hydrogen-bond acceptors (Lipinski definition) is 2. The van der Waals surface area contributed by atoms with Crippen molar-refractivity contribution < 1.29 is 0 Å². The number of piperidine rings is 1. The summed E-state index contributed by atoms with van der Waals surface area (Å²) in [6.07, 6.45) is 12.4. The number of unbranched alkanes of at least 4 members (excludes halogenated alkanes) is 2. The van der Waals surface area contributed by atoms with Crippen LogP contribution in [0, 0.1) is 11.8 Å². The molecule has 0 radical (unpaired) electrons. The molecule has 0 aromatic heterocycles. The maximum Gasteiger partial charge on any atom is 0.0468 e. The normalized spacial score (nSPS) is 36.8. The number of hydrogen-bond donors (Lipinski definition) is 1. The molecule has 1 aliphatic carbocycles. The third-order valence-corrected chi connectivity index (χ3v) is 5.01. The Morgan fingerprint density at radius 3 is 3.18 bits per heavy atom. The second-order valence-corrected chi connectivity index (χ2v) is 6.00. The lowest BCUT2D eigenvalue weighted by Gasteiger charge is -2.37. The lowest BCUT2D eigenvalue weighted by atomic mass is 9.80. The standard InChI is InChI=1S/C15H26N2/c1-2-3-4-5-12-6-7-14-13(12)9-11-17-15(14)8-10-16-17/h7,12-13,15-16H,2-6,8-11H2,1H3. The van der Waals surface area contributed by atoms with Crippen molar-refractivity contribution in [3.8, 4) is 0 Å². The fraction of sp³-hybridized carbons (Fsp3) is 0.867. The second kappa shape index (κ2) is 5.11. The predicted octanol–water partition coefficient (Wildman–Crippen LogP) is 3.11. The van der Waals surface area contributed by atoms with Gasteiger partial charge in [-0.3, -0.25) is 5.43 Å². The average Bonchev–Trinajstić information content (AvgIpc) is 2.94. The molecule has 2 heteroatoms. The third-order valence-electron chi connectivity index (χ3n) is 5.01. The van der Waals surface area contributed by atoms with Crippen LogP contribution in [-0.4, -0.2) is 24.1 Å². The second-order valence-electron chi connectivity index (χ2n) is 6.00. The molecule has 0 amide bonds. The molecular weight excluding hydrogens is 208 g/mol. The van der Waals surface area contributed by atoms with Crippen LogP contribution in [-0.2, 0) is 0 Å². The first-order valence-electron chi connectivity index (χ1n) is 7.60. The van der Waals surface area contributed by atoms with E-state index in [-0.39, 0.29) is 0 Å². The molecule has 96 valence electrons. The van der Waals surface area contributed by atoms with E-state index >= 15 is 0 Å². The SMILES string of the molecule is CCCCCC1CC=C2C1CCN1NCCC21. The lowest BCUT2D eigenvalue weighted by molar-refractivity contribution is 0.141. The molecule has 0 spiro atoms. The van der Waals surface area contributed by atoms with Crippen LogP contribution in [0.2, 0.25) is 0 Å². The molecule has 2 nitrogen and oxygen atoms in total. The smallest absolute Gasteiger partial charge is 0.0468 e. The highest BCUT2D eigenvalue weighted by Gasteiger charge is 2.41. The van der Waals surface area contributed by atoms with Gasteiger partial charge in [-0.25, -0.2) is 5.01 Å². The Labute approximate surface area is 105 Å². The highest BCUT2D eigenvalue weighted by atomic mass is 15.5. The van der Waals surface area contributed by atoms with Gasteiger partial charge < -0.3 is 0 Å². The van der Waals surface area contributed by atoms with E-state index in [2.05, 4.69) is 23.4 Å². The summed E-state index contributed by atoms with van der Waals surface area (Å²) >= 11 is 0. The van der Waals surface area contributed by atoms with Gasteiger partial charge in [0.1, 0.15) is 0 Å². The van der Waals surface area contributed by atoms with E-state index in [0.717, 1.165) is 17.9 Å². The molecule has 17 heavy (non-hydrogen) atoms. The lowest BCUT2D eigenvalue weighted by Crippen LogP contribution is -2.45. The van der Waals surface area contributed by atoms with Crippen LogP contribution in [0.1, 0.15) is 51.9 Å². The zero-order valence-electron chi connectivity index (χ0n) is 11.1. The van der Waals surface area contributed by atoms with Gasteiger partial charge in [-0.2, -0.15) is 0 Å². The molecule has 1 N–H and O–H groups in total. The van der Waals surface area contributed by atoms with E-state index < -0.39 is 0 Å². The third kappa shape index (κ3) is 2.17. The topological polar surface area (TPSA) is 15.3 Å². The van der Waals surface area contributed by atoms with Crippen LogP contribution in [0.15, 0.2) is 11.6 Å². The number of fused-ring (bicyclic) bond motifs is 3. The van der Waals surface area contributed by atoms with Crippen molar-refractivity contribution in [3.05, 3.63) is 11.6 Å². The average molecular weight is 234 g/mol. The van der Waals surface area contributed by atoms with Crippen molar-refractivity contribution in [1.82, 2.24) is 10.4 Å². The van der Waals surface area contributed by atoms with Crippen LogP contribution in [0.5, 0.6) is 0 Å². The van der Waals surface area contributed by atoms with E-state index in [1.54, 1.807) is 5.57 Å². The van der Waals surface area contributed by atoms with E-state index in [1.165, 1.54) is 58.0 Å².